The smallest absolute Gasteiger partial charge is 0.387 e. The number of hydrogen-bond acceptors (Lipinski definition) is 3. The van der Waals surface area contributed by atoms with E-state index < -0.39 is 6.61 Å². The van der Waals surface area contributed by atoms with Crippen LogP contribution in [0.1, 0.15) is 6.92 Å². The number of alkyl halides is 2. The lowest BCUT2D eigenvalue weighted by atomic mass is 10.3. The third-order valence-corrected chi connectivity index (χ3v) is 1.80. The molecule has 0 aliphatic heterocycles. The second kappa shape index (κ2) is 6.64. The van der Waals surface area contributed by atoms with Crippen molar-refractivity contribution in [3.8, 4) is 5.75 Å². The highest BCUT2D eigenvalue weighted by molar-refractivity contribution is 5.93. The minimum atomic E-state index is -2.82. The third-order valence-electron chi connectivity index (χ3n) is 1.80. The Balaban J connectivity index is 2.64. The lowest BCUT2D eigenvalue weighted by molar-refractivity contribution is -0.0498. The Kier molecular flexibility index (Phi) is 5.15. The number of ether oxygens (including phenoxy) is 1. The van der Waals surface area contributed by atoms with Gasteiger partial charge < -0.3 is 10.1 Å². The van der Waals surface area contributed by atoms with Crippen LogP contribution in [0.5, 0.6) is 5.75 Å². The number of aliphatic imine (C=N–C) groups is 1. The molecule has 1 rings (SSSR count). The van der Waals surface area contributed by atoms with E-state index in [-0.39, 0.29) is 5.75 Å². The molecule has 5 nitrogen and oxygen atoms in total. The second-order valence-corrected chi connectivity index (χ2v) is 3.00. The van der Waals surface area contributed by atoms with Crippen molar-refractivity contribution in [2.24, 2.45) is 10.8 Å². The molecule has 0 aromatic heterocycles. The number of guanidine groups is 1. The predicted octanol–water partition coefficient (Wildman–Crippen LogP) is 1.54. The van der Waals surface area contributed by atoms with Crippen molar-refractivity contribution < 1.29 is 13.5 Å². The predicted molar refractivity (Wildman–Crippen MR) is 62.0 cm³/mol. The summed E-state index contributed by atoms with van der Waals surface area (Å²) in [6.45, 7) is -0.394. The van der Waals surface area contributed by atoms with E-state index in [1.54, 1.807) is 12.1 Å². The Morgan fingerprint density at radius 3 is 2.53 bits per heavy atom. The highest BCUT2D eigenvalue weighted by atomic mass is 19.3. The van der Waals surface area contributed by atoms with Crippen molar-refractivity contribution in [1.82, 2.24) is 5.43 Å². The molecule has 0 saturated carbocycles. The lowest BCUT2D eigenvalue weighted by Gasteiger charge is -2.09. The molecule has 0 bridgehead atoms. The summed E-state index contributed by atoms with van der Waals surface area (Å²) in [6, 6.07) is 6.02. The maximum atomic E-state index is 11.9. The van der Waals surface area contributed by atoms with E-state index in [2.05, 4.69) is 20.5 Å². The molecule has 0 atom stereocenters. The van der Waals surface area contributed by atoms with E-state index in [1.165, 1.54) is 12.1 Å². The lowest BCUT2D eigenvalue weighted by Crippen LogP contribution is -2.36. The fourth-order valence-corrected chi connectivity index (χ4v) is 1.14. The zero-order valence-corrected chi connectivity index (χ0v) is 9.28. The number of nitrogens with one attached hydrogen (secondary N) is 2. The quantitative estimate of drug-likeness (QED) is 0.325. The van der Waals surface area contributed by atoms with Gasteiger partial charge >= 0.3 is 6.61 Å². The van der Waals surface area contributed by atoms with Crippen LogP contribution < -0.4 is 21.3 Å². The first-order valence-corrected chi connectivity index (χ1v) is 4.98. The molecule has 0 spiro atoms. The molecule has 0 unspecified atom stereocenters. The van der Waals surface area contributed by atoms with E-state index in [0.717, 1.165) is 0 Å². The van der Waals surface area contributed by atoms with Gasteiger partial charge in [0.15, 0.2) is 0 Å². The summed E-state index contributed by atoms with van der Waals surface area (Å²) in [4.78, 5) is 4.03. The molecule has 0 fully saturated rings. The molecule has 7 heteroatoms. The summed E-state index contributed by atoms with van der Waals surface area (Å²) >= 11 is 0. The van der Waals surface area contributed by atoms with Crippen LogP contribution in [-0.2, 0) is 0 Å². The van der Waals surface area contributed by atoms with Gasteiger partial charge in [-0.15, -0.1) is 0 Å². The summed E-state index contributed by atoms with van der Waals surface area (Å²) in [6.07, 6.45) is 0. The van der Waals surface area contributed by atoms with Gasteiger partial charge in [0.25, 0.3) is 0 Å². The monoisotopic (exact) mass is 244 g/mol. The molecule has 0 radical (unpaired) electrons. The molecule has 17 heavy (non-hydrogen) atoms. The molecule has 0 saturated heterocycles. The van der Waals surface area contributed by atoms with Crippen LogP contribution in [0.3, 0.4) is 0 Å². The number of nitrogens with zero attached hydrogens (tertiary/aromatic N) is 1. The number of hydrazine groups is 1. The van der Waals surface area contributed by atoms with Crippen LogP contribution >= 0.6 is 0 Å². The average molecular weight is 244 g/mol. The fraction of sp³-hybridized carbons (Fsp3) is 0.300. The van der Waals surface area contributed by atoms with Gasteiger partial charge in [0.1, 0.15) is 5.75 Å². The number of anilines is 1. The van der Waals surface area contributed by atoms with Gasteiger partial charge in [0.05, 0.1) is 0 Å². The summed E-state index contributed by atoms with van der Waals surface area (Å²) in [7, 11) is 0. The van der Waals surface area contributed by atoms with Crippen molar-refractivity contribution in [2.45, 2.75) is 13.5 Å². The molecular formula is C10H14F2N4O. The minimum Gasteiger partial charge on any atom is -0.435 e. The van der Waals surface area contributed by atoms with E-state index in [1.807, 2.05) is 6.92 Å². The fourth-order valence-electron chi connectivity index (χ4n) is 1.14. The van der Waals surface area contributed by atoms with Gasteiger partial charge in [0, 0.05) is 12.2 Å². The minimum absolute atomic E-state index is 0.0974. The van der Waals surface area contributed by atoms with Crippen molar-refractivity contribution >= 4 is 11.6 Å². The first-order valence-electron chi connectivity index (χ1n) is 4.98. The SMILES string of the molecule is CCN=C(NN)Nc1ccc(OC(F)F)cc1. The van der Waals surface area contributed by atoms with Crippen molar-refractivity contribution in [1.29, 1.82) is 0 Å². The molecule has 1 aromatic carbocycles. The number of nitrogens with two attached hydrogens (primary N) is 1. The summed E-state index contributed by atoms with van der Waals surface area (Å²) in [5, 5.41) is 2.88. The van der Waals surface area contributed by atoms with E-state index >= 15 is 0 Å². The van der Waals surface area contributed by atoms with E-state index in [4.69, 9.17) is 5.84 Å². The number of rotatable bonds is 4. The molecule has 1 aromatic rings. The maximum absolute atomic E-state index is 11.9. The van der Waals surface area contributed by atoms with Crippen LogP contribution in [0, 0.1) is 0 Å². The number of halogens is 2. The number of benzene rings is 1. The van der Waals surface area contributed by atoms with Gasteiger partial charge in [-0.3, -0.25) is 10.4 Å². The van der Waals surface area contributed by atoms with Crippen LogP contribution in [-0.4, -0.2) is 19.1 Å². The first-order chi connectivity index (χ1) is 8.15. The molecule has 0 amide bonds. The summed E-state index contributed by atoms with van der Waals surface area (Å²) < 4.78 is 28.0. The van der Waals surface area contributed by atoms with Gasteiger partial charge in [-0.05, 0) is 31.2 Å². The average Bonchev–Trinajstić information content (AvgIpc) is 2.30. The zero-order chi connectivity index (χ0) is 12.7. The standard InChI is InChI=1S/C10H14F2N4O/c1-2-14-10(16-13)15-7-3-5-8(6-4-7)17-9(11)12/h3-6,9H,2,13H2,1H3,(H2,14,15,16). The Morgan fingerprint density at radius 2 is 2.06 bits per heavy atom. The highest BCUT2D eigenvalue weighted by Gasteiger charge is 2.04. The van der Waals surface area contributed by atoms with Crippen LogP contribution in [0.2, 0.25) is 0 Å². The molecular weight excluding hydrogens is 230 g/mol. The first kappa shape index (κ1) is 13.2. The molecule has 94 valence electrons. The molecule has 0 heterocycles. The van der Waals surface area contributed by atoms with E-state index in [0.29, 0.717) is 18.2 Å². The third kappa shape index (κ3) is 4.64. The van der Waals surface area contributed by atoms with E-state index in [9.17, 15) is 8.78 Å². The molecule has 0 aliphatic rings. The van der Waals surface area contributed by atoms with Crippen molar-refractivity contribution in [3.63, 3.8) is 0 Å². The van der Waals surface area contributed by atoms with Gasteiger partial charge in [-0.1, -0.05) is 0 Å². The summed E-state index contributed by atoms with van der Waals surface area (Å²) in [5.74, 6) is 5.73. The largest absolute Gasteiger partial charge is 0.435 e. The highest BCUT2D eigenvalue weighted by Crippen LogP contribution is 2.17. The van der Waals surface area contributed by atoms with Crippen LogP contribution in [0.25, 0.3) is 0 Å². The Labute approximate surface area is 97.6 Å². The maximum Gasteiger partial charge on any atom is 0.387 e. The normalized spacial score (nSPS) is 11.5. The molecule has 4 N–H and O–H groups in total. The Bertz CT molecular complexity index is 367. The van der Waals surface area contributed by atoms with Crippen LogP contribution in [0.15, 0.2) is 29.3 Å². The van der Waals surface area contributed by atoms with Gasteiger partial charge in [-0.2, -0.15) is 8.78 Å². The number of hydrogen-bond donors (Lipinski definition) is 3. The Morgan fingerprint density at radius 1 is 1.41 bits per heavy atom. The second-order valence-electron chi connectivity index (χ2n) is 3.00. The Hall–Kier alpha value is -1.89. The zero-order valence-electron chi connectivity index (χ0n) is 9.28. The van der Waals surface area contributed by atoms with Gasteiger partial charge in [-0.25, -0.2) is 5.84 Å². The summed E-state index contributed by atoms with van der Waals surface area (Å²) in [5.41, 5.74) is 3.05. The topological polar surface area (TPSA) is 71.7 Å². The van der Waals surface area contributed by atoms with Crippen molar-refractivity contribution in [3.05, 3.63) is 24.3 Å². The molecule has 0 aliphatic carbocycles. The van der Waals surface area contributed by atoms with Gasteiger partial charge in [0.2, 0.25) is 5.96 Å². The van der Waals surface area contributed by atoms with Crippen LogP contribution in [0.4, 0.5) is 14.5 Å². The van der Waals surface area contributed by atoms with Crippen molar-refractivity contribution in [2.75, 3.05) is 11.9 Å².